The molecule has 2 aliphatic rings. The summed E-state index contributed by atoms with van der Waals surface area (Å²) in [4.78, 5) is 0. The van der Waals surface area contributed by atoms with Gasteiger partial charge in [-0.15, -0.1) is 0 Å². The highest BCUT2D eigenvalue weighted by Gasteiger charge is 2.41. The van der Waals surface area contributed by atoms with Crippen LogP contribution >= 0.6 is 0 Å². The Morgan fingerprint density at radius 2 is 1.85 bits per heavy atom. The fourth-order valence-electron chi connectivity index (χ4n) is 3.76. The predicted octanol–water partition coefficient (Wildman–Crippen LogP) is 3.18. The van der Waals surface area contributed by atoms with Crippen molar-refractivity contribution < 1.29 is 8.42 Å². The van der Waals surface area contributed by atoms with E-state index >= 15 is 0 Å². The van der Waals surface area contributed by atoms with Gasteiger partial charge >= 0.3 is 0 Å². The van der Waals surface area contributed by atoms with Crippen molar-refractivity contribution in [1.29, 1.82) is 5.26 Å². The van der Waals surface area contributed by atoms with E-state index in [1.54, 1.807) is 10.4 Å². The van der Waals surface area contributed by atoms with Gasteiger partial charge in [0.15, 0.2) is 0 Å². The molecule has 0 aromatic heterocycles. The molecular formula is C21H23N3O2S. The Labute approximate surface area is 160 Å². The molecule has 1 aliphatic carbocycles. The van der Waals surface area contributed by atoms with Gasteiger partial charge in [-0.05, 0) is 42.5 Å². The lowest BCUT2D eigenvalue weighted by Crippen LogP contribution is -2.33. The summed E-state index contributed by atoms with van der Waals surface area (Å²) >= 11 is 0. The maximum absolute atomic E-state index is 12.8. The topological polar surface area (TPSA) is 73.2 Å². The van der Waals surface area contributed by atoms with Crippen molar-refractivity contribution in [1.82, 2.24) is 4.31 Å². The lowest BCUT2D eigenvalue weighted by Gasteiger charge is -2.21. The van der Waals surface area contributed by atoms with Gasteiger partial charge < -0.3 is 5.32 Å². The first-order chi connectivity index (χ1) is 13.0. The molecule has 2 fully saturated rings. The Hall–Kier alpha value is -2.36. The van der Waals surface area contributed by atoms with Crippen molar-refractivity contribution in [3.8, 4) is 6.07 Å². The van der Waals surface area contributed by atoms with E-state index in [4.69, 9.17) is 5.26 Å². The van der Waals surface area contributed by atoms with Gasteiger partial charge in [-0.2, -0.15) is 9.57 Å². The van der Waals surface area contributed by atoms with Gasteiger partial charge in [0.05, 0.1) is 17.4 Å². The number of benzene rings is 2. The molecule has 1 heterocycles. The van der Waals surface area contributed by atoms with E-state index in [9.17, 15) is 8.42 Å². The van der Waals surface area contributed by atoms with Gasteiger partial charge in [-0.25, -0.2) is 8.42 Å². The third kappa shape index (κ3) is 4.15. The highest BCUT2D eigenvalue weighted by atomic mass is 32.2. The van der Waals surface area contributed by atoms with E-state index in [1.165, 1.54) is 0 Å². The number of rotatable bonds is 6. The monoisotopic (exact) mass is 381 g/mol. The third-order valence-corrected chi connectivity index (χ3v) is 7.37. The first-order valence-corrected chi connectivity index (χ1v) is 11.0. The summed E-state index contributed by atoms with van der Waals surface area (Å²) in [5.74, 6) is 0.681. The molecule has 0 radical (unpaired) electrons. The summed E-state index contributed by atoms with van der Waals surface area (Å²) in [5, 5.41) is 12.6. The van der Waals surface area contributed by atoms with E-state index in [1.807, 2.05) is 36.4 Å². The van der Waals surface area contributed by atoms with Gasteiger partial charge in [0.1, 0.15) is 0 Å². The highest BCUT2D eigenvalue weighted by molar-refractivity contribution is 7.89. The molecule has 1 saturated heterocycles. The average molecular weight is 382 g/mol. The lowest BCUT2D eigenvalue weighted by molar-refractivity contribution is 0.469. The Bertz CT molecular complexity index is 949. The van der Waals surface area contributed by atoms with Crippen LogP contribution in [0, 0.1) is 17.2 Å². The minimum absolute atomic E-state index is 0.0321. The van der Waals surface area contributed by atoms with E-state index in [-0.39, 0.29) is 17.7 Å². The summed E-state index contributed by atoms with van der Waals surface area (Å²) in [6, 6.07) is 19.5. The van der Waals surface area contributed by atoms with Crippen molar-refractivity contribution in [3.05, 3.63) is 65.7 Å². The molecule has 2 aromatic rings. The molecule has 0 spiro atoms. The molecule has 2 atom stereocenters. The van der Waals surface area contributed by atoms with Crippen LogP contribution in [0.25, 0.3) is 0 Å². The summed E-state index contributed by atoms with van der Waals surface area (Å²) in [6.45, 7) is 0.945. The van der Waals surface area contributed by atoms with Crippen molar-refractivity contribution in [3.63, 3.8) is 0 Å². The third-order valence-electron chi connectivity index (χ3n) is 5.39. The summed E-state index contributed by atoms with van der Waals surface area (Å²) in [5.41, 5.74) is 2.57. The summed E-state index contributed by atoms with van der Waals surface area (Å²) in [7, 11) is -3.23. The standard InChI is InChI=1S/C21H23N3O2S/c22-12-17-5-4-8-19(11-17)23-21-14-24(27(25,26)15-16-9-10-16)13-20(21)18-6-2-1-3-7-18/h1-8,11,16,20-21,23H,9-10,13-15H2/t20-,21+/m0/s1. The van der Waals surface area contributed by atoms with Crippen LogP contribution in [0.2, 0.25) is 0 Å². The maximum atomic E-state index is 12.8. The van der Waals surface area contributed by atoms with Crippen LogP contribution in [0.3, 0.4) is 0 Å². The minimum Gasteiger partial charge on any atom is -0.380 e. The molecule has 4 rings (SSSR count). The smallest absolute Gasteiger partial charge is 0.214 e. The molecular weight excluding hydrogens is 358 g/mol. The van der Waals surface area contributed by atoms with E-state index in [0.29, 0.717) is 24.6 Å². The van der Waals surface area contributed by atoms with E-state index < -0.39 is 10.0 Å². The van der Waals surface area contributed by atoms with Gasteiger partial charge in [0.2, 0.25) is 10.0 Å². The lowest BCUT2D eigenvalue weighted by atomic mass is 9.94. The number of nitrogens with zero attached hydrogens (tertiary/aromatic N) is 2. The predicted molar refractivity (Wildman–Crippen MR) is 106 cm³/mol. The van der Waals surface area contributed by atoms with Crippen LogP contribution in [0.4, 0.5) is 5.69 Å². The molecule has 2 aromatic carbocycles. The van der Waals surface area contributed by atoms with Crippen molar-refractivity contribution in [2.75, 3.05) is 24.2 Å². The molecule has 0 bridgehead atoms. The second kappa shape index (κ2) is 7.34. The van der Waals surface area contributed by atoms with Gasteiger partial charge in [0.25, 0.3) is 0 Å². The number of hydrogen-bond donors (Lipinski definition) is 1. The SMILES string of the molecule is N#Cc1cccc(N[C@@H]2CN(S(=O)(=O)CC3CC3)C[C@H]2c2ccccc2)c1. The zero-order valence-corrected chi connectivity index (χ0v) is 15.9. The molecule has 5 nitrogen and oxygen atoms in total. The normalized spacial score (nSPS) is 23.1. The quantitative estimate of drug-likeness (QED) is 0.834. The largest absolute Gasteiger partial charge is 0.380 e. The summed E-state index contributed by atoms with van der Waals surface area (Å²) < 4.78 is 27.3. The first kappa shape index (κ1) is 18.0. The molecule has 0 amide bonds. The molecule has 1 N–H and O–H groups in total. The van der Waals surface area contributed by atoms with Crippen LogP contribution in [0.15, 0.2) is 54.6 Å². The first-order valence-electron chi connectivity index (χ1n) is 9.34. The second-order valence-electron chi connectivity index (χ2n) is 7.50. The van der Waals surface area contributed by atoms with Crippen molar-refractivity contribution in [2.45, 2.75) is 24.8 Å². The number of hydrogen-bond acceptors (Lipinski definition) is 4. The van der Waals surface area contributed by atoms with Crippen LogP contribution in [0.1, 0.15) is 29.9 Å². The Kier molecular flexibility index (Phi) is 4.90. The van der Waals surface area contributed by atoms with Crippen LogP contribution < -0.4 is 5.32 Å². The second-order valence-corrected chi connectivity index (χ2v) is 9.51. The molecule has 1 aliphatic heterocycles. The van der Waals surface area contributed by atoms with Gasteiger partial charge in [0, 0.05) is 30.7 Å². The zero-order valence-electron chi connectivity index (χ0n) is 15.1. The van der Waals surface area contributed by atoms with Gasteiger partial charge in [-0.1, -0.05) is 36.4 Å². The Balaban J connectivity index is 1.59. The minimum atomic E-state index is -3.23. The maximum Gasteiger partial charge on any atom is 0.214 e. The van der Waals surface area contributed by atoms with Gasteiger partial charge in [-0.3, -0.25) is 0 Å². The van der Waals surface area contributed by atoms with Crippen molar-refractivity contribution >= 4 is 15.7 Å². The Morgan fingerprint density at radius 1 is 1.07 bits per heavy atom. The van der Waals surface area contributed by atoms with Crippen molar-refractivity contribution in [2.24, 2.45) is 5.92 Å². The van der Waals surface area contributed by atoms with E-state index in [2.05, 4.69) is 23.5 Å². The Morgan fingerprint density at radius 3 is 2.56 bits per heavy atom. The molecule has 6 heteroatoms. The fraction of sp³-hybridized carbons (Fsp3) is 0.381. The van der Waals surface area contributed by atoms with Crippen LogP contribution in [0.5, 0.6) is 0 Å². The highest BCUT2D eigenvalue weighted by Crippen LogP contribution is 2.35. The summed E-state index contributed by atoms with van der Waals surface area (Å²) in [6.07, 6.45) is 2.05. The van der Waals surface area contributed by atoms with Crippen LogP contribution in [-0.2, 0) is 10.0 Å². The molecule has 1 saturated carbocycles. The molecule has 27 heavy (non-hydrogen) atoms. The number of nitriles is 1. The molecule has 140 valence electrons. The van der Waals surface area contributed by atoms with E-state index in [0.717, 1.165) is 24.1 Å². The average Bonchev–Trinajstić information content (AvgIpc) is 3.37. The fourth-order valence-corrected chi connectivity index (χ4v) is 5.67. The number of anilines is 1. The number of nitrogens with one attached hydrogen (secondary N) is 1. The van der Waals surface area contributed by atoms with Crippen LogP contribution in [-0.4, -0.2) is 37.6 Å². The number of sulfonamides is 1. The molecule has 0 unspecified atom stereocenters. The zero-order chi connectivity index (χ0) is 18.9.